The van der Waals surface area contributed by atoms with Crippen molar-refractivity contribution in [1.29, 1.82) is 0 Å². The molecular formula is C14H28N2O2. The van der Waals surface area contributed by atoms with Crippen molar-refractivity contribution >= 4 is 12.6 Å². The summed E-state index contributed by atoms with van der Waals surface area (Å²) in [5, 5.41) is 3.06. The quantitative estimate of drug-likeness (QED) is 0.379. The Morgan fingerprint density at radius 1 is 0.944 bits per heavy atom. The van der Waals surface area contributed by atoms with Gasteiger partial charge in [0.15, 0.2) is 0 Å². The van der Waals surface area contributed by atoms with E-state index in [1.54, 1.807) is 0 Å². The van der Waals surface area contributed by atoms with E-state index >= 15 is 0 Å². The number of nitrogens with one attached hydrogen (secondary N) is 1. The van der Waals surface area contributed by atoms with Crippen LogP contribution >= 0.6 is 0 Å². The normalized spacial score (nSPS) is 10.8. The molecule has 0 bridgehead atoms. The van der Waals surface area contributed by atoms with Crippen LogP contribution in [0.15, 0.2) is 0 Å². The molecule has 0 unspecified atom stereocenters. The van der Waals surface area contributed by atoms with Crippen LogP contribution in [0.3, 0.4) is 0 Å². The average molecular weight is 256 g/mol. The molecule has 0 aromatic rings. The van der Waals surface area contributed by atoms with Gasteiger partial charge in [-0.25, -0.2) is 0 Å². The van der Waals surface area contributed by atoms with E-state index in [1.807, 2.05) is 0 Å². The fraction of sp³-hybridized carbons (Fsp3) is 0.857. The number of hydrogen-bond donors (Lipinski definition) is 1. The fourth-order valence-corrected chi connectivity index (χ4v) is 1.99. The summed E-state index contributed by atoms with van der Waals surface area (Å²) in [6.45, 7) is 6.18. The Morgan fingerprint density at radius 3 is 2.33 bits per heavy atom. The molecule has 4 nitrogen and oxygen atoms in total. The van der Waals surface area contributed by atoms with Crippen LogP contribution in [0.4, 0.5) is 0 Å². The molecular weight excluding hydrogens is 228 g/mol. The third-order valence-corrected chi connectivity index (χ3v) is 2.93. The molecule has 0 rings (SSSR count). The first-order chi connectivity index (χ1) is 8.85. The number of carbonyl (C=O) groups excluding carboxylic acids is 2. The number of hydrogen-bond acceptors (Lipinski definition) is 4. The van der Waals surface area contributed by atoms with E-state index in [4.69, 9.17) is 0 Å². The topological polar surface area (TPSA) is 49.4 Å². The van der Waals surface area contributed by atoms with Gasteiger partial charge in [-0.05, 0) is 38.9 Å². The predicted molar refractivity (Wildman–Crippen MR) is 74.8 cm³/mol. The van der Waals surface area contributed by atoms with Crippen LogP contribution in [0.2, 0.25) is 0 Å². The molecule has 18 heavy (non-hydrogen) atoms. The summed E-state index contributed by atoms with van der Waals surface area (Å²) >= 11 is 0. The van der Waals surface area contributed by atoms with Crippen molar-refractivity contribution in [3.05, 3.63) is 0 Å². The zero-order valence-corrected chi connectivity index (χ0v) is 11.7. The van der Waals surface area contributed by atoms with Crippen LogP contribution < -0.4 is 5.32 Å². The van der Waals surface area contributed by atoms with Gasteiger partial charge in [0.25, 0.3) is 0 Å². The minimum absolute atomic E-state index is 0.470. The zero-order chi connectivity index (χ0) is 13.5. The Hall–Kier alpha value is -0.740. The summed E-state index contributed by atoms with van der Waals surface area (Å²) in [7, 11) is 0. The van der Waals surface area contributed by atoms with Gasteiger partial charge in [-0.1, -0.05) is 26.2 Å². The van der Waals surface area contributed by atoms with Crippen LogP contribution in [-0.4, -0.2) is 50.2 Å². The van der Waals surface area contributed by atoms with E-state index in [9.17, 15) is 9.59 Å². The predicted octanol–water partition coefficient (Wildman–Crippen LogP) is 1.64. The van der Waals surface area contributed by atoms with Gasteiger partial charge in [-0.2, -0.15) is 0 Å². The smallest absolute Gasteiger partial charge is 0.133 e. The first-order valence-electron chi connectivity index (χ1n) is 7.15. The monoisotopic (exact) mass is 256 g/mol. The van der Waals surface area contributed by atoms with Crippen LogP contribution in [0.25, 0.3) is 0 Å². The molecule has 0 saturated heterocycles. The van der Waals surface area contributed by atoms with Gasteiger partial charge < -0.3 is 14.9 Å². The van der Waals surface area contributed by atoms with Crippen molar-refractivity contribution in [2.45, 2.75) is 45.4 Å². The number of carbonyl (C=O) groups is 2. The molecule has 0 amide bonds. The molecule has 0 saturated carbocycles. The second kappa shape index (κ2) is 14.3. The van der Waals surface area contributed by atoms with Gasteiger partial charge in [0.2, 0.25) is 0 Å². The molecule has 4 heteroatoms. The Kier molecular flexibility index (Phi) is 13.7. The lowest BCUT2D eigenvalue weighted by Gasteiger charge is -2.18. The van der Waals surface area contributed by atoms with Gasteiger partial charge in [0.05, 0.1) is 13.1 Å². The standard InChI is InChI=1S/C14H28N2O2/c1-2-10-16(12-14-18)11-7-5-3-4-6-8-15-9-13-17/h13-15H,2-12H2,1H3. The Balaban J connectivity index is 3.26. The highest BCUT2D eigenvalue weighted by atomic mass is 16.1. The average Bonchev–Trinajstić information content (AvgIpc) is 2.37. The number of rotatable bonds is 14. The fourth-order valence-electron chi connectivity index (χ4n) is 1.99. The lowest BCUT2D eigenvalue weighted by Crippen LogP contribution is -2.27. The minimum Gasteiger partial charge on any atom is -0.310 e. The number of nitrogens with zero attached hydrogens (tertiary/aromatic N) is 1. The van der Waals surface area contributed by atoms with Crippen molar-refractivity contribution in [1.82, 2.24) is 10.2 Å². The molecule has 0 aromatic heterocycles. The van der Waals surface area contributed by atoms with E-state index in [0.29, 0.717) is 13.1 Å². The van der Waals surface area contributed by atoms with Gasteiger partial charge >= 0.3 is 0 Å². The minimum atomic E-state index is 0.470. The molecule has 0 atom stereocenters. The molecule has 0 aromatic carbocycles. The number of unbranched alkanes of at least 4 members (excludes halogenated alkanes) is 4. The summed E-state index contributed by atoms with van der Waals surface area (Å²) in [6.07, 6.45) is 9.00. The molecule has 0 fully saturated rings. The van der Waals surface area contributed by atoms with Crippen LogP contribution in [0.5, 0.6) is 0 Å². The van der Waals surface area contributed by atoms with Crippen LogP contribution in [0, 0.1) is 0 Å². The summed E-state index contributed by atoms with van der Waals surface area (Å²) in [5.74, 6) is 0. The van der Waals surface area contributed by atoms with Gasteiger partial charge in [0.1, 0.15) is 12.6 Å². The molecule has 0 radical (unpaired) electrons. The molecule has 0 spiro atoms. The highest BCUT2D eigenvalue weighted by Gasteiger charge is 2.01. The maximum absolute atomic E-state index is 10.5. The summed E-state index contributed by atoms with van der Waals surface area (Å²) < 4.78 is 0. The van der Waals surface area contributed by atoms with E-state index in [2.05, 4.69) is 17.1 Å². The lowest BCUT2D eigenvalue weighted by molar-refractivity contribution is -0.109. The Labute approximate surface area is 111 Å². The molecule has 0 aliphatic heterocycles. The third kappa shape index (κ3) is 11.7. The van der Waals surface area contributed by atoms with Crippen LogP contribution in [0.1, 0.15) is 45.4 Å². The first-order valence-corrected chi connectivity index (χ1v) is 7.15. The second-order valence-corrected chi connectivity index (χ2v) is 4.61. The maximum Gasteiger partial charge on any atom is 0.133 e. The van der Waals surface area contributed by atoms with E-state index in [0.717, 1.165) is 45.0 Å². The molecule has 0 heterocycles. The van der Waals surface area contributed by atoms with Crippen molar-refractivity contribution < 1.29 is 9.59 Å². The summed E-state index contributed by atoms with van der Waals surface area (Å²) in [4.78, 5) is 22.8. The highest BCUT2D eigenvalue weighted by molar-refractivity contribution is 5.52. The SMILES string of the molecule is CCCN(CC=O)CCCCCCCNCC=O. The second-order valence-electron chi connectivity index (χ2n) is 4.61. The Bertz CT molecular complexity index is 198. The summed E-state index contributed by atoms with van der Waals surface area (Å²) in [6, 6.07) is 0. The zero-order valence-electron chi connectivity index (χ0n) is 11.7. The number of aldehydes is 2. The molecule has 1 N–H and O–H groups in total. The van der Waals surface area contributed by atoms with E-state index in [-0.39, 0.29) is 0 Å². The summed E-state index contributed by atoms with van der Waals surface area (Å²) in [5.41, 5.74) is 0. The highest BCUT2D eigenvalue weighted by Crippen LogP contribution is 2.04. The third-order valence-electron chi connectivity index (χ3n) is 2.93. The molecule has 106 valence electrons. The van der Waals surface area contributed by atoms with Crippen molar-refractivity contribution in [2.24, 2.45) is 0 Å². The first kappa shape index (κ1) is 17.3. The van der Waals surface area contributed by atoms with Gasteiger partial charge in [-0.15, -0.1) is 0 Å². The molecule has 0 aliphatic carbocycles. The maximum atomic E-state index is 10.5. The lowest BCUT2D eigenvalue weighted by atomic mass is 10.1. The Morgan fingerprint density at radius 2 is 1.67 bits per heavy atom. The van der Waals surface area contributed by atoms with Crippen molar-refractivity contribution in [3.63, 3.8) is 0 Å². The van der Waals surface area contributed by atoms with Crippen LogP contribution in [-0.2, 0) is 9.59 Å². The van der Waals surface area contributed by atoms with Crippen molar-refractivity contribution in [2.75, 3.05) is 32.7 Å². The van der Waals surface area contributed by atoms with E-state index in [1.165, 1.54) is 25.7 Å². The van der Waals surface area contributed by atoms with Gasteiger partial charge in [0, 0.05) is 0 Å². The van der Waals surface area contributed by atoms with Gasteiger partial charge in [-0.3, -0.25) is 4.90 Å². The van der Waals surface area contributed by atoms with Crippen molar-refractivity contribution in [3.8, 4) is 0 Å². The molecule has 0 aliphatic rings. The van der Waals surface area contributed by atoms with E-state index < -0.39 is 0 Å². The largest absolute Gasteiger partial charge is 0.310 e.